The smallest absolute Gasteiger partial charge is 0.141 e. The van der Waals surface area contributed by atoms with Crippen molar-refractivity contribution in [1.29, 1.82) is 0 Å². The molecule has 6 heteroatoms. The van der Waals surface area contributed by atoms with Crippen LogP contribution in [0.4, 0.5) is 23.0 Å². The summed E-state index contributed by atoms with van der Waals surface area (Å²) in [6.07, 6.45) is 1.87. The summed E-state index contributed by atoms with van der Waals surface area (Å²) in [5, 5.41) is 6.62. The van der Waals surface area contributed by atoms with Gasteiger partial charge in [-0.15, -0.1) is 0 Å². The highest BCUT2D eigenvalue weighted by atomic mass is 16.5. The van der Waals surface area contributed by atoms with Gasteiger partial charge in [0.1, 0.15) is 23.2 Å². The van der Waals surface area contributed by atoms with Gasteiger partial charge in [0, 0.05) is 23.6 Å². The zero-order chi connectivity index (χ0) is 19.3. The quantitative estimate of drug-likeness (QED) is 0.430. The lowest BCUT2D eigenvalue weighted by molar-refractivity contribution is 0.416. The third-order valence-corrected chi connectivity index (χ3v) is 4.23. The van der Waals surface area contributed by atoms with E-state index < -0.39 is 0 Å². The largest absolute Gasteiger partial charge is 0.496 e. The number of aromatic amines is 1. The van der Waals surface area contributed by atoms with E-state index in [9.17, 15) is 0 Å². The number of benzene rings is 2. The molecule has 0 bridgehead atoms. The second-order valence-corrected chi connectivity index (χ2v) is 6.33. The lowest BCUT2D eigenvalue weighted by atomic mass is 10.1. The SMILES string of the molecule is COc1cc(Nc2cccc(Nc3ccccc3)n2)ccc1-c1nc(C)c[nH]1. The van der Waals surface area contributed by atoms with Crippen LogP contribution in [0.15, 0.2) is 72.9 Å². The molecule has 3 N–H and O–H groups in total. The Hall–Kier alpha value is -3.80. The van der Waals surface area contributed by atoms with Gasteiger partial charge in [-0.3, -0.25) is 0 Å². The number of H-pyrrole nitrogens is 1. The Morgan fingerprint density at radius 3 is 2.25 bits per heavy atom. The fourth-order valence-corrected chi connectivity index (χ4v) is 2.91. The second-order valence-electron chi connectivity index (χ2n) is 6.33. The number of aromatic nitrogens is 3. The lowest BCUT2D eigenvalue weighted by Crippen LogP contribution is -1.98. The molecule has 0 aliphatic rings. The van der Waals surface area contributed by atoms with Gasteiger partial charge in [-0.25, -0.2) is 9.97 Å². The van der Waals surface area contributed by atoms with Crippen LogP contribution in [0.25, 0.3) is 11.4 Å². The van der Waals surface area contributed by atoms with Gasteiger partial charge in [0.2, 0.25) is 0 Å². The summed E-state index contributed by atoms with van der Waals surface area (Å²) in [6, 6.07) is 21.7. The van der Waals surface area contributed by atoms with Gasteiger partial charge in [0.15, 0.2) is 0 Å². The van der Waals surface area contributed by atoms with E-state index in [4.69, 9.17) is 4.74 Å². The van der Waals surface area contributed by atoms with Gasteiger partial charge in [-0.05, 0) is 43.3 Å². The molecule has 2 aromatic carbocycles. The number of ether oxygens (including phenoxy) is 1. The van der Waals surface area contributed by atoms with Gasteiger partial charge in [-0.2, -0.15) is 0 Å². The van der Waals surface area contributed by atoms with Crippen molar-refractivity contribution >= 4 is 23.0 Å². The van der Waals surface area contributed by atoms with Gasteiger partial charge >= 0.3 is 0 Å². The number of methoxy groups -OCH3 is 1. The van der Waals surface area contributed by atoms with Crippen molar-refractivity contribution in [3.05, 3.63) is 78.6 Å². The van der Waals surface area contributed by atoms with Crippen LogP contribution in [-0.2, 0) is 0 Å². The van der Waals surface area contributed by atoms with Crippen molar-refractivity contribution < 1.29 is 4.74 Å². The molecule has 4 rings (SSSR count). The molecule has 0 fully saturated rings. The van der Waals surface area contributed by atoms with Crippen molar-refractivity contribution in [2.75, 3.05) is 17.7 Å². The molecule has 0 radical (unpaired) electrons. The molecule has 0 saturated heterocycles. The van der Waals surface area contributed by atoms with Gasteiger partial charge < -0.3 is 20.4 Å². The van der Waals surface area contributed by atoms with Crippen LogP contribution in [0.1, 0.15) is 5.69 Å². The third-order valence-electron chi connectivity index (χ3n) is 4.23. The highest BCUT2D eigenvalue weighted by molar-refractivity contribution is 5.71. The fourth-order valence-electron chi connectivity index (χ4n) is 2.91. The van der Waals surface area contributed by atoms with Crippen LogP contribution in [0.3, 0.4) is 0 Å². The summed E-state index contributed by atoms with van der Waals surface area (Å²) >= 11 is 0. The first kappa shape index (κ1) is 17.6. The molecule has 0 atom stereocenters. The maximum absolute atomic E-state index is 5.56. The number of nitrogens with zero attached hydrogens (tertiary/aromatic N) is 2. The van der Waals surface area contributed by atoms with Crippen molar-refractivity contribution in [1.82, 2.24) is 15.0 Å². The summed E-state index contributed by atoms with van der Waals surface area (Å²) in [5.41, 5.74) is 3.72. The molecule has 0 spiro atoms. The molecule has 2 heterocycles. The zero-order valence-electron chi connectivity index (χ0n) is 15.7. The van der Waals surface area contributed by atoms with Gasteiger partial charge in [0.05, 0.1) is 18.4 Å². The van der Waals surface area contributed by atoms with Crippen molar-refractivity contribution in [3.8, 4) is 17.1 Å². The van der Waals surface area contributed by atoms with Crippen LogP contribution in [-0.4, -0.2) is 22.1 Å². The van der Waals surface area contributed by atoms with E-state index in [0.717, 1.165) is 45.8 Å². The van der Waals surface area contributed by atoms with Crippen LogP contribution >= 0.6 is 0 Å². The Morgan fingerprint density at radius 1 is 0.821 bits per heavy atom. The first-order valence-corrected chi connectivity index (χ1v) is 8.98. The molecule has 0 amide bonds. The molecule has 6 nitrogen and oxygen atoms in total. The van der Waals surface area contributed by atoms with Gasteiger partial charge in [-0.1, -0.05) is 24.3 Å². The van der Waals surface area contributed by atoms with Crippen LogP contribution < -0.4 is 15.4 Å². The molecule has 0 unspecified atom stereocenters. The average molecular weight is 371 g/mol. The van der Waals surface area contributed by atoms with Crippen LogP contribution in [0.2, 0.25) is 0 Å². The van der Waals surface area contributed by atoms with E-state index in [1.54, 1.807) is 7.11 Å². The minimum absolute atomic E-state index is 0.734. The highest BCUT2D eigenvalue weighted by Gasteiger charge is 2.10. The molecular formula is C22H21N5O. The van der Waals surface area contributed by atoms with E-state index in [-0.39, 0.29) is 0 Å². The van der Waals surface area contributed by atoms with Crippen molar-refractivity contribution in [2.45, 2.75) is 6.92 Å². The normalized spacial score (nSPS) is 10.5. The monoisotopic (exact) mass is 371 g/mol. The third kappa shape index (κ3) is 3.96. The molecule has 0 saturated carbocycles. The summed E-state index contributed by atoms with van der Waals surface area (Å²) in [6.45, 7) is 1.95. The number of hydrogen-bond acceptors (Lipinski definition) is 5. The summed E-state index contributed by atoms with van der Waals surface area (Å²) < 4.78 is 5.56. The summed E-state index contributed by atoms with van der Waals surface area (Å²) in [5.74, 6) is 3.03. The van der Waals surface area contributed by atoms with E-state index in [0.29, 0.717) is 0 Å². The number of anilines is 4. The Balaban J connectivity index is 1.55. The minimum atomic E-state index is 0.734. The molecular weight excluding hydrogens is 350 g/mol. The molecule has 0 aliphatic carbocycles. The molecule has 2 aromatic heterocycles. The van der Waals surface area contributed by atoms with E-state index in [1.807, 2.05) is 79.9 Å². The number of hydrogen-bond donors (Lipinski definition) is 3. The van der Waals surface area contributed by atoms with Crippen LogP contribution in [0, 0.1) is 6.92 Å². The number of aryl methyl sites for hydroxylation is 1. The number of nitrogens with one attached hydrogen (secondary N) is 3. The van der Waals surface area contributed by atoms with Crippen molar-refractivity contribution in [2.24, 2.45) is 0 Å². The number of imidazole rings is 1. The van der Waals surface area contributed by atoms with Crippen LogP contribution in [0.5, 0.6) is 5.75 Å². The maximum atomic E-state index is 5.56. The topological polar surface area (TPSA) is 74.9 Å². The fraction of sp³-hybridized carbons (Fsp3) is 0.0909. The standard InChI is InChI=1S/C22H21N5O/c1-15-14-23-22(24-15)18-12-11-17(13-19(18)28-2)26-21-10-6-9-20(27-21)25-16-7-4-3-5-8-16/h3-14H,1-2H3,(H,23,24)(H2,25,26,27). The zero-order valence-corrected chi connectivity index (χ0v) is 15.7. The predicted molar refractivity (Wildman–Crippen MR) is 113 cm³/mol. The molecule has 4 aromatic rings. The lowest BCUT2D eigenvalue weighted by Gasteiger charge is -2.12. The number of para-hydroxylation sites is 1. The number of rotatable bonds is 6. The predicted octanol–water partition coefficient (Wildman–Crippen LogP) is 5.28. The first-order valence-electron chi connectivity index (χ1n) is 8.98. The highest BCUT2D eigenvalue weighted by Crippen LogP contribution is 2.31. The minimum Gasteiger partial charge on any atom is -0.496 e. The Labute approximate surface area is 163 Å². The van der Waals surface area contributed by atoms with E-state index >= 15 is 0 Å². The van der Waals surface area contributed by atoms with Crippen molar-refractivity contribution in [3.63, 3.8) is 0 Å². The molecule has 28 heavy (non-hydrogen) atoms. The summed E-state index contributed by atoms with van der Waals surface area (Å²) in [7, 11) is 1.65. The summed E-state index contributed by atoms with van der Waals surface area (Å²) in [4.78, 5) is 12.3. The Bertz CT molecular complexity index is 1080. The Kier molecular flexibility index (Phi) is 4.93. The maximum Gasteiger partial charge on any atom is 0.141 e. The Morgan fingerprint density at radius 2 is 1.57 bits per heavy atom. The molecule has 0 aliphatic heterocycles. The average Bonchev–Trinajstić information content (AvgIpc) is 3.15. The van der Waals surface area contributed by atoms with E-state index in [1.165, 1.54) is 0 Å². The number of pyridine rings is 1. The van der Waals surface area contributed by atoms with E-state index in [2.05, 4.69) is 25.6 Å². The second kappa shape index (κ2) is 7.84. The first-order chi connectivity index (χ1) is 13.7. The molecule has 140 valence electrons. The van der Waals surface area contributed by atoms with Gasteiger partial charge in [0.25, 0.3) is 0 Å².